The SMILES string of the molecule is Cc1nc(CN2CCN(c3ccc(N)cc3)CC2)sc1C. The number of benzene rings is 1. The summed E-state index contributed by atoms with van der Waals surface area (Å²) in [5.41, 5.74) is 9.02. The van der Waals surface area contributed by atoms with Gasteiger partial charge in [0, 0.05) is 42.4 Å². The van der Waals surface area contributed by atoms with Crippen molar-refractivity contribution in [3.8, 4) is 0 Å². The summed E-state index contributed by atoms with van der Waals surface area (Å²) in [5, 5.41) is 1.24. The molecule has 0 amide bonds. The van der Waals surface area contributed by atoms with Gasteiger partial charge in [0.2, 0.25) is 0 Å². The van der Waals surface area contributed by atoms with Gasteiger partial charge in [-0.2, -0.15) is 0 Å². The predicted octanol–water partition coefficient (Wildman–Crippen LogP) is 2.66. The molecular formula is C16H22N4S. The maximum absolute atomic E-state index is 5.75. The smallest absolute Gasteiger partial charge is 0.107 e. The van der Waals surface area contributed by atoms with E-state index in [1.54, 1.807) is 0 Å². The summed E-state index contributed by atoms with van der Waals surface area (Å²) < 4.78 is 0. The second-order valence-electron chi connectivity index (χ2n) is 5.60. The average Bonchev–Trinajstić information content (AvgIpc) is 2.79. The molecule has 1 saturated heterocycles. The van der Waals surface area contributed by atoms with E-state index in [1.807, 2.05) is 23.5 Å². The molecule has 0 unspecified atom stereocenters. The molecule has 2 heterocycles. The second-order valence-corrected chi connectivity index (χ2v) is 6.89. The summed E-state index contributed by atoms with van der Waals surface area (Å²) in [5.74, 6) is 0. The summed E-state index contributed by atoms with van der Waals surface area (Å²) in [4.78, 5) is 10.9. The van der Waals surface area contributed by atoms with Crippen LogP contribution >= 0.6 is 11.3 Å². The molecule has 1 aliphatic heterocycles. The van der Waals surface area contributed by atoms with Gasteiger partial charge in [-0.15, -0.1) is 11.3 Å². The van der Waals surface area contributed by atoms with E-state index in [4.69, 9.17) is 5.73 Å². The number of hydrogen-bond acceptors (Lipinski definition) is 5. The summed E-state index contributed by atoms with van der Waals surface area (Å²) in [6, 6.07) is 8.17. The Kier molecular flexibility index (Phi) is 4.12. The Morgan fingerprint density at radius 2 is 1.76 bits per heavy atom. The van der Waals surface area contributed by atoms with Gasteiger partial charge in [0.25, 0.3) is 0 Å². The van der Waals surface area contributed by atoms with Crippen LogP contribution < -0.4 is 10.6 Å². The highest BCUT2D eigenvalue weighted by Crippen LogP contribution is 2.21. The molecule has 0 radical (unpaired) electrons. The van der Waals surface area contributed by atoms with Crippen molar-refractivity contribution in [1.29, 1.82) is 0 Å². The van der Waals surface area contributed by atoms with E-state index in [0.717, 1.165) is 38.4 Å². The molecule has 0 bridgehead atoms. The normalized spacial score (nSPS) is 16.4. The van der Waals surface area contributed by atoms with Crippen LogP contribution in [-0.4, -0.2) is 36.1 Å². The average molecular weight is 302 g/mol. The molecule has 5 heteroatoms. The molecule has 2 aromatic rings. The van der Waals surface area contributed by atoms with E-state index in [2.05, 4.69) is 40.8 Å². The number of nitrogens with zero attached hydrogens (tertiary/aromatic N) is 3. The van der Waals surface area contributed by atoms with Gasteiger partial charge < -0.3 is 10.6 Å². The number of aryl methyl sites for hydroxylation is 2. The van der Waals surface area contributed by atoms with Crippen LogP contribution in [0.5, 0.6) is 0 Å². The van der Waals surface area contributed by atoms with Crippen molar-refractivity contribution >= 4 is 22.7 Å². The molecule has 3 rings (SSSR count). The molecule has 2 N–H and O–H groups in total. The Labute approximate surface area is 130 Å². The van der Waals surface area contributed by atoms with Crippen LogP contribution in [0.25, 0.3) is 0 Å². The third-order valence-corrected chi connectivity index (χ3v) is 5.12. The molecule has 0 saturated carbocycles. The van der Waals surface area contributed by atoms with Gasteiger partial charge in [0.15, 0.2) is 0 Å². The number of nitrogens with two attached hydrogens (primary N) is 1. The number of nitrogen functional groups attached to an aromatic ring is 1. The molecule has 21 heavy (non-hydrogen) atoms. The lowest BCUT2D eigenvalue weighted by Crippen LogP contribution is -2.45. The van der Waals surface area contributed by atoms with Crippen molar-refractivity contribution in [3.05, 3.63) is 39.8 Å². The molecule has 4 nitrogen and oxygen atoms in total. The van der Waals surface area contributed by atoms with Gasteiger partial charge in [-0.25, -0.2) is 4.98 Å². The maximum Gasteiger partial charge on any atom is 0.107 e. The first-order chi connectivity index (χ1) is 10.1. The van der Waals surface area contributed by atoms with Gasteiger partial charge in [0.05, 0.1) is 12.2 Å². The van der Waals surface area contributed by atoms with E-state index < -0.39 is 0 Å². The van der Waals surface area contributed by atoms with Crippen LogP contribution in [-0.2, 0) is 6.54 Å². The fourth-order valence-corrected chi connectivity index (χ4v) is 3.62. The van der Waals surface area contributed by atoms with Crippen molar-refractivity contribution in [3.63, 3.8) is 0 Å². The highest BCUT2D eigenvalue weighted by molar-refractivity contribution is 7.11. The Hall–Kier alpha value is -1.59. The number of anilines is 2. The van der Waals surface area contributed by atoms with Crippen LogP contribution in [0.1, 0.15) is 15.6 Å². The van der Waals surface area contributed by atoms with Gasteiger partial charge in [0.1, 0.15) is 5.01 Å². The monoisotopic (exact) mass is 302 g/mol. The number of hydrogen-bond donors (Lipinski definition) is 1. The van der Waals surface area contributed by atoms with Crippen molar-refractivity contribution in [2.75, 3.05) is 36.8 Å². The first-order valence-electron chi connectivity index (χ1n) is 7.37. The van der Waals surface area contributed by atoms with E-state index in [-0.39, 0.29) is 0 Å². The number of aromatic nitrogens is 1. The minimum absolute atomic E-state index is 0.826. The summed E-state index contributed by atoms with van der Waals surface area (Å²) in [6.45, 7) is 9.52. The van der Waals surface area contributed by atoms with E-state index in [1.165, 1.54) is 21.3 Å². The van der Waals surface area contributed by atoms with Crippen molar-refractivity contribution in [2.24, 2.45) is 0 Å². The van der Waals surface area contributed by atoms with E-state index in [0.29, 0.717) is 0 Å². The van der Waals surface area contributed by atoms with Gasteiger partial charge in [-0.3, -0.25) is 4.90 Å². The largest absolute Gasteiger partial charge is 0.399 e. The fraction of sp³-hybridized carbons (Fsp3) is 0.438. The minimum Gasteiger partial charge on any atom is -0.399 e. The Morgan fingerprint density at radius 3 is 2.33 bits per heavy atom. The Bertz CT molecular complexity index is 578. The second kappa shape index (κ2) is 6.03. The van der Waals surface area contributed by atoms with Crippen molar-refractivity contribution in [2.45, 2.75) is 20.4 Å². The predicted molar refractivity (Wildman–Crippen MR) is 89.9 cm³/mol. The van der Waals surface area contributed by atoms with Crippen LogP contribution in [0.2, 0.25) is 0 Å². The van der Waals surface area contributed by atoms with Crippen LogP contribution in [0.4, 0.5) is 11.4 Å². The topological polar surface area (TPSA) is 45.4 Å². The first kappa shape index (κ1) is 14.4. The maximum atomic E-state index is 5.75. The van der Waals surface area contributed by atoms with Gasteiger partial charge in [-0.1, -0.05) is 0 Å². The van der Waals surface area contributed by atoms with E-state index >= 15 is 0 Å². The fourth-order valence-electron chi connectivity index (χ4n) is 2.65. The van der Waals surface area contributed by atoms with Crippen LogP contribution in [0.3, 0.4) is 0 Å². The highest BCUT2D eigenvalue weighted by Gasteiger charge is 2.18. The molecular weight excluding hydrogens is 280 g/mol. The number of rotatable bonds is 3. The summed E-state index contributed by atoms with van der Waals surface area (Å²) in [7, 11) is 0. The molecule has 0 spiro atoms. The molecule has 1 aliphatic rings. The van der Waals surface area contributed by atoms with Gasteiger partial charge >= 0.3 is 0 Å². The number of piperazine rings is 1. The molecule has 112 valence electrons. The summed E-state index contributed by atoms with van der Waals surface area (Å²) >= 11 is 1.83. The third-order valence-electron chi connectivity index (χ3n) is 4.06. The zero-order valence-corrected chi connectivity index (χ0v) is 13.5. The first-order valence-corrected chi connectivity index (χ1v) is 8.19. The summed E-state index contributed by atoms with van der Waals surface area (Å²) in [6.07, 6.45) is 0. The lowest BCUT2D eigenvalue weighted by atomic mass is 10.2. The molecule has 1 fully saturated rings. The minimum atomic E-state index is 0.826. The number of thiazole rings is 1. The molecule has 0 aliphatic carbocycles. The lowest BCUT2D eigenvalue weighted by Gasteiger charge is -2.35. The van der Waals surface area contributed by atoms with E-state index in [9.17, 15) is 0 Å². The van der Waals surface area contributed by atoms with Crippen LogP contribution in [0.15, 0.2) is 24.3 Å². The standard InChI is InChI=1S/C16H22N4S/c1-12-13(2)21-16(18-12)11-19-7-9-20(10-8-19)15-5-3-14(17)4-6-15/h3-6H,7-11,17H2,1-2H3. The highest BCUT2D eigenvalue weighted by atomic mass is 32.1. The van der Waals surface area contributed by atoms with Crippen molar-refractivity contribution in [1.82, 2.24) is 9.88 Å². The molecule has 1 aromatic carbocycles. The zero-order valence-electron chi connectivity index (χ0n) is 12.7. The molecule has 0 atom stereocenters. The van der Waals surface area contributed by atoms with Gasteiger partial charge in [-0.05, 0) is 38.1 Å². The molecule has 1 aromatic heterocycles. The Morgan fingerprint density at radius 1 is 1.10 bits per heavy atom. The third kappa shape index (κ3) is 3.36. The quantitative estimate of drug-likeness (QED) is 0.886. The Balaban J connectivity index is 1.56. The van der Waals surface area contributed by atoms with Crippen molar-refractivity contribution < 1.29 is 0 Å². The zero-order chi connectivity index (χ0) is 14.8. The van der Waals surface area contributed by atoms with Crippen LogP contribution in [0, 0.1) is 13.8 Å². The lowest BCUT2D eigenvalue weighted by molar-refractivity contribution is 0.249.